The van der Waals surface area contributed by atoms with Crippen molar-refractivity contribution in [1.29, 1.82) is 0 Å². The fourth-order valence-electron chi connectivity index (χ4n) is 3.26. The van der Waals surface area contributed by atoms with Crippen molar-refractivity contribution in [2.45, 2.75) is 60.3 Å². The summed E-state index contributed by atoms with van der Waals surface area (Å²) in [6, 6.07) is 8.34. The van der Waals surface area contributed by atoms with Crippen LogP contribution in [-0.4, -0.2) is 10.5 Å². The van der Waals surface area contributed by atoms with Gasteiger partial charge in [0, 0.05) is 23.2 Å². The predicted molar refractivity (Wildman–Crippen MR) is 136 cm³/mol. The van der Waals surface area contributed by atoms with Crippen molar-refractivity contribution >= 4 is 40.6 Å². The Morgan fingerprint density at radius 3 is 2.59 bits per heavy atom. The van der Waals surface area contributed by atoms with E-state index in [1.165, 1.54) is 23.3 Å². The molecule has 0 atom stereocenters. The largest absolute Gasteiger partial charge is 0.352 e. The Morgan fingerprint density at radius 2 is 1.90 bits per heavy atom. The van der Waals surface area contributed by atoms with Crippen LogP contribution in [-0.2, 0) is 6.42 Å². The lowest BCUT2D eigenvalue weighted by Gasteiger charge is -2.23. The average Bonchev–Trinajstić information content (AvgIpc) is 2.77. The molecular weight excluding hydrogens is 392 g/mol. The third-order valence-electron chi connectivity index (χ3n) is 4.96. The Kier molecular flexibility index (Phi) is 8.35. The Bertz CT molecular complexity index is 823. The van der Waals surface area contributed by atoms with E-state index < -0.39 is 0 Å². The van der Waals surface area contributed by atoms with Crippen LogP contribution in [0.5, 0.6) is 0 Å². The number of piperidine rings is 1. The molecule has 1 saturated heterocycles. The summed E-state index contributed by atoms with van der Waals surface area (Å²) in [5, 5.41) is 6.40. The third kappa shape index (κ3) is 8.23. The van der Waals surface area contributed by atoms with Crippen molar-refractivity contribution in [2.24, 2.45) is 10.8 Å². The van der Waals surface area contributed by atoms with Crippen LogP contribution in [0.25, 0.3) is 0 Å². The second-order valence-corrected chi connectivity index (χ2v) is 10.2. The lowest BCUT2D eigenvalue weighted by atomic mass is 9.88. The van der Waals surface area contributed by atoms with E-state index in [4.69, 9.17) is 24.4 Å². The van der Waals surface area contributed by atoms with Crippen LogP contribution in [0.2, 0.25) is 0 Å². The molecule has 0 radical (unpaired) electrons. The summed E-state index contributed by atoms with van der Waals surface area (Å²) < 4.78 is 0. The van der Waals surface area contributed by atoms with Crippen molar-refractivity contribution in [3.8, 4) is 0 Å². The Balaban J connectivity index is 0.000000207. The Morgan fingerprint density at radius 1 is 1.17 bits per heavy atom. The van der Waals surface area contributed by atoms with Gasteiger partial charge in [-0.3, -0.25) is 0 Å². The number of rotatable bonds is 4. The van der Waals surface area contributed by atoms with E-state index in [9.17, 15) is 0 Å². The van der Waals surface area contributed by atoms with E-state index in [0.717, 1.165) is 29.9 Å². The average molecular weight is 427 g/mol. The first-order chi connectivity index (χ1) is 13.6. The number of allylic oxidation sites excluding steroid dienone is 5. The fourth-order valence-corrected chi connectivity index (χ4v) is 3.60. The molecule has 2 aliphatic rings. The minimum Gasteiger partial charge on any atom is -0.352 e. The molecule has 1 heterocycles. The summed E-state index contributed by atoms with van der Waals surface area (Å²) in [6.45, 7) is 11.2. The molecular formula is C25H34N2S2. The summed E-state index contributed by atoms with van der Waals surface area (Å²) in [4.78, 5) is 0.964. The van der Waals surface area contributed by atoms with Gasteiger partial charge < -0.3 is 10.6 Å². The van der Waals surface area contributed by atoms with Crippen molar-refractivity contribution in [2.75, 3.05) is 5.32 Å². The predicted octanol–water partition coefficient (Wildman–Crippen LogP) is 7.14. The number of nitrogens with one attached hydrogen (secondary N) is 2. The van der Waals surface area contributed by atoms with Gasteiger partial charge in [0.05, 0.1) is 10.5 Å². The van der Waals surface area contributed by atoms with Gasteiger partial charge in [-0.2, -0.15) is 0 Å². The van der Waals surface area contributed by atoms with Crippen LogP contribution in [0.1, 0.15) is 59.4 Å². The maximum atomic E-state index is 5.19. The lowest BCUT2D eigenvalue weighted by molar-refractivity contribution is 0.378. The SMILES string of the molecule is CC(C)(C)CCc1ccccc1NC=S.CC1(C)C=CC=C2CCC(=S)NC2=C1. The van der Waals surface area contributed by atoms with E-state index in [-0.39, 0.29) is 5.41 Å². The van der Waals surface area contributed by atoms with Crippen LogP contribution in [0.15, 0.2) is 59.8 Å². The van der Waals surface area contributed by atoms with Crippen LogP contribution in [0.3, 0.4) is 0 Å². The molecule has 1 fully saturated rings. The zero-order valence-electron chi connectivity index (χ0n) is 18.3. The van der Waals surface area contributed by atoms with E-state index in [1.807, 2.05) is 6.07 Å². The van der Waals surface area contributed by atoms with Crippen LogP contribution in [0, 0.1) is 10.8 Å². The molecule has 1 aromatic carbocycles. The smallest absolute Gasteiger partial charge is 0.0800 e. The fraction of sp³-hybridized carbons (Fsp3) is 0.440. The van der Waals surface area contributed by atoms with E-state index in [1.54, 1.807) is 5.49 Å². The number of benzene rings is 1. The summed E-state index contributed by atoms with van der Waals surface area (Å²) in [5.74, 6) is 0. The number of fused-ring (bicyclic) bond motifs is 1. The second kappa shape index (κ2) is 10.3. The molecule has 2 N–H and O–H groups in total. The molecule has 0 aromatic heterocycles. The summed E-state index contributed by atoms with van der Waals surface area (Å²) >= 11 is 10.0. The summed E-state index contributed by atoms with van der Waals surface area (Å²) in [6.07, 6.45) is 13.1. The van der Waals surface area contributed by atoms with Crippen LogP contribution >= 0.6 is 24.4 Å². The quantitative estimate of drug-likeness (QED) is 0.500. The molecule has 29 heavy (non-hydrogen) atoms. The van der Waals surface area contributed by atoms with E-state index in [2.05, 4.69) is 87.8 Å². The number of para-hydroxylation sites is 1. The van der Waals surface area contributed by atoms with Crippen molar-refractivity contribution in [3.63, 3.8) is 0 Å². The van der Waals surface area contributed by atoms with Gasteiger partial charge in [-0.15, -0.1) is 0 Å². The van der Waals surface area contributed by atoms with Gasteiger partial charge in [0.15, 0.2) is 0 Å². The molecule has 0 bridgehead atoms. The van der Waals surface area contributed by atoms with Gasteiger partial charge in [-0.05, 0) is 41.9 Å². The van der Waals surface area contributed by atoms with Gasteiger partial charge >= 0.3 is 0 Å². The van der Waals surface area contributed by atoms with Gasteiger partial charge in [-0.1, -0.05) is 102 Å². The monoisotopic (exact) mass is 426 g/mol. The first-order valence-corrected chi connectivity index (χ1v) is 11.2. The van der Waals surface area contributed by atoms with Crippen LogP contribution in [0.4, 0.5) is 5.69 Å². The Hall–Kier alpha value is -1.78. The van der Waals surface area contributed by atoms with Crippen molar-refractivity contribution in [1.82, 2.24) is 5.32 Å². The molecule has 0 unspecified atom stereocenters. The minimum atomic E-state index is 0.119. The molecule has 4 heteroatoms. The maximum Gasteiger partial charge on any atom is 0.0800 e. The molecule has 1 aliphatic carbocycles. The second-order valence-electron chi connectivity index (χ2n) is 9.46. The highest BCUT2D eigenvalue weighted by atomic mass is 32.1. The highest BCUT2D eigenvalue weighted by molar-refractivity contribution is 7.80. The summed E-state index contributed by atoms with van der Waals surface area (Å²) in [7, 11) is 0. The topological polar surface area (TPSA) is 24.1 Å². The number of anilines is 1. The van der Waals surface area contributed by atoms with Crippen molar-refractivity contribution in [3.05, 3.63) is 65.4 Å². The molecule has 3 rings (SSSR count). The van der Waals surface area contributed by atoms with Gasteiger partial charge in [-0.25, -0.2) is 0 Å². The molecule has 0 saturated carbocycles. The molecule has 1 aromatic rings. The highest BCUT2D eigenvalue weighted by Crippen LogP contribution is 2.30. The molecule has 0 spiro atoms. The standard InChI is InChI=1S/C13H19NS.C12H15NS/c1-13(2,3)9-8-11-6-4-5-7-12(11)14-10-15;1-12(2)7-3-4-9-5-6-11(14)13-10(9)8-12/h4-7,10H,8-9H2,1-3H3,(H,14,15);3-4,7-8H,5-6H2,1-2H3,(H,13,14). The Labute approximate surface area is 187 Å². The molecule has 156 valence electrons. The summed E-state index contributed by atoms with van der Waals surface area (Å²) in [5.41, 5.74) is 7.12. The molecule has 0 amide bonds. The molecule has 1 aliphatic heterocycles. The zero-order chi connectivity index (χ0) is 21.5. The number of hydrogen-bond acceptors (Lipinski definition) is 2. The number of aryl methyl sites for hydroxylation is 1. The first-order valence-electron chi connectivity index (χ1n) is 10.3. The lowest BCUT2D eigenvalue weighted by Crippen LogP contribution is -2.27. The number of thiocarbonyl (C=S) groups is 2. The normalized spacial score (nSPS) is 17.5. The van der Waals surface area contributed by atoms with Crippen molar-refractivity contribution < 1.29 is 0 Å². The van der Waals surface area contributed by atoms with Crippen LogP contribution < -0.4 is 10.6 Å². The van der Waals surface area contributed by atoms with Gasteiger partial charge in [0.1, 0.15) is 0 Å². The molecule has 2 nitrogen and oxygen atoms in total. The third-order valence-corrected chi connectivity index (χ3v) is 5.38. The minimum absolute atomic E-state index is 0.119. The number of hydrogen-bond donors (Lipinski definition) is 2. The maximum absolute atomic E-state index is 5.19. The van der Waals surface area contributed by atoms with Gasteiger partial charge in [0.25, 0.3) is 0 Å². The zero-order valence-corrected chi connectivity index (χ0v) is 20.0. The highest BCUT2D eigenvalue weighted by Gasteiger charge is 2.20. The van der Waals surface area contributed by atoms with Gasteiger partial charge in [0.2, 0.25) is 0 Å². The van der Waals surface area contributed by atoms with E-state index in [0.29, 0.717) is 5.41 Å². The van der Waals surface area contributed by atoms with E-state index >= 15 is 0 Å². The first kappa shape index (κ1) is 23.5.